The smallest absolute Gasteiger partial charge is 0.465 e. The molecule has 0 aliphatic carbocycles. The van der Waals surface area contributed by atoms with Crippen LogP contribution in [0.2, 0.25) is 0 Å². The maximum absolute atomic E-state index is 12.7. The van der Waals surface area contributed by atoms with Crippen LogP contribution in [-0.4, -0.2) is 49.4 Å². The third-order valence-electron chi connectivity index (χ3n) is 4.62. The minimum absolute atomic E-state index is 0.0760. The van der Waals surface area contributed by atoms with Gasteiger partial charge in [-0.1, -0.05) is 4.59 Å². The average molecular weight is 418 g/mol. The molecule has 150 valence electrons. The Balaban J connectivity index is 1.71. The van der Waals surface area contributed by atoms with E-state index in [1.54, 1.807) is 19.1 Å². The van der Waals surface area contributed by atoms with E-state index in [-0.39, 0.29) is 24.1 Å². The molecule has 0 saturated carbocycles. The van der Waals surface area contributed by atoms with E-state index in [0.717, 1.165) is 11.3 Å². The number of rotatable bonds is 3. The number of hydrogen-bond donors (Lipinski definition) is 2. The van der Waals surface area contributed by atoms with Crippen molar-refractivity contribution in [3.05, 3.63) is 39.6 Å². The maximum atomic E-state index is 12.7. The van der Waals surface area contributed by atoms with Gasteiger partial charge in [0.15, 0.2) is 17.2 Å². The van der Waals surface area contributed by atoms with E-state index in [9.17, 15) is 19.5 Å². The number of carbonyl (C=O) groups excluding carboxylic acids is 2. The third-order valence-corrected chi connectivity index (χ3v) is 5.74. The van der Waals surface area contributed by atoms with E-state index >= 15 is 0 Å². The topological polar surface area (TPSA) is 124 Å². The van der Waals surface area contributed by atoms with Gasteiger partial charge >= 0.3 is 12.1 Å². The third kappa shape index (κ3) is 2.91. The number of amidine groups is 1. The van der Waals surface area contributed by atoms with Crippen LogP contribution in [0, 0.1) is 0 Å². The second-order valence-electron chi connectivity index (χ2n) is 6.16. The SMILES string of the molecule is CC[N+]1(C(=O)O)N=C(NC(=O)c2ccc3c(c2)OCO3)c2sc(C(=O)OC)cc21. The molecule has 0 saturated heterocycles. The van der Waals surface area contributed by atoms with Crippen LogP contribution in [0.3, 0.4) is 0 Å². The fourth-order valence-electron chi connectivity index (χ4n) is 3.12. The molecule has 1 aromatic carbocycles. The highest BCUT2D eigenvalue weighted by Gasteiger charge is 2.50. The van der Waals surface area contributed by atoms with E-state index in [2.05, 4.69) is 10.4 Å². The first-order chi connectivity index (χ1) is 13.9. The highest BCUT2D eigenvalue weighted by Crippen LogP contribution is 2.41. The summed E-state index contributed by atoms with van der Waals surface area (Å²) in [5.74, 6) is -0.0318. The predicted octanol–water partition coefficient (Wildman–Crippen LogP) is 2.37. The van der Waals surface area contributed by atoms with Gasteiger partial charge < -0.3 is 24.6 Å². The molecule has 2 aliphatic rings. The fourth-order valence-corrected chi connectivity index (χ4v) is 4.18. The summed E-state index contributed by atoms with van der Waals surface area (Å²) in [6.45, 7) is 1.82. The van der Waals surface area contributed by atoms with Gasteiger partial charge in [-0.05, 0) is 30.2 Å². The van der Waals surface area contributed by atoms with Gasteiger partial charge in [0.05, 0.1) is 7.11 Å². The Kier molecular flexibility index (Phi) is 4.47. The van der Waals surface area contributed by atoms with Crippen molar-refractivity contribution in [1.29, 1.82) is 0 Å². The number of carbonyl (C=O) groups is 3. The van der Waals surface area contributed by atoms with Crippen molar-refractivity contribution in [3.8, 4) is 11.5 Å². The molecule has 1 aromatic heterocycles. The highest BCUT2D eigenvalue weighted by molar-refractivity contribution is 7.16. The molecule has 10 nitrogen and oxygen atoms in total. The zero-order valence-electron chi connectivity index (χ0n) is 15.4. The summed E-state index contributed by atoms with van der Waals surface area (Å²) in [5.41, 5.74) is 0.589. The van der Waals surface area contributed by atoms with Crippen LogP contribution in [0.25, 0.3) is 0 Å². The Bertz CT molecular complexity index is 1080. The van der Waals surface area contributed by atoms with Gasteiger partial charge in [-0.15, -0.1) is 11.3 Å². The number of methoxy groups -OCH3 is 1. The molecule has 2 aliphatic heterocycles. The van der Waals surface area contributed by atoms with Crippen molar-refractivity contribution in [2.75, 3.05) is 20.4 Å². The molecule has 29 heavy (non-hydrogen) atoms. The molecule has 1 atom stereocenters. The molecular weight excluding hydrogens is 402 g/mol. The molecular formula is C18H16N3O7S+. The lowest BCUT2D eigenvalue weighted by Crippen LogP contribution is -2.47. The fraction of sp³-hybridized carbons (Fsp3) is 0.222. The Morgan fingerprint density at radius 2 is 2.03 bits per heavy atom. The Hall–Kier alpha value is -3.44. The predicted molar refractivity (Wildman–Crippen MR) is 103 cm³/mol. The lowest BCUT2D eigenvalue weighted by Gasteiger charge is -2.19. The largest absolute Gasteiger partial charge is 0.546 e. The van der Waals surface area contributed by atoms with E-state index in [1.807, 2.05) is 0 Å². The van der Waals surface area contributed by atoms with Gasteiger partial charge in [0, 0.05) is 11.6 Å². The maximum Gasteiger partial charge on any atom is 0.546 e. The van der Waals surface area contributed by atoms with Crippen LogP contribution < -0.4 is 19.4 Å². The van der Waals surface area contributed by atoms with Gasteiger partial charge in [0.25, 0.3) is 5.91 Å². The van der Waals surface area contributed by atoms with Crippen molar-refractivity contribution in [3.63, 3.8) is 0 Å². The summed E-state index contributed by atoms with van der Waals surface area (Å²) in [7, 11) is 1.24. The number of nitrogens with zero attached hydrogens (tertiary/aromatic N) is 2. The van der Waals surface area contributed by atoms with Crippen LogP contribution >= 0.6 is 11.3 Å². The van der Waals surface area contributed by atoms with E-state index in [0.29, 0.717) is 27.6 Å². The number of thiophene rings is 1. The van der Waals surface area contributed by atoms with Gasteiger partial charge in [-0.25, -0.2) is 4.79 Å². The number of benzene rings is 1. The van der Waals surface area contributed by atoms with Crippen molar-refractivity contribution >= 4 is 40.8 Å². The molecule has 0 radical (unpaired) electrons. The number of quaternary nitrogens is 1. The normalized spacial score (nSPS) is 18.8. The Morgan fingerprint density at radius 1 is 1.28 bits per heavy atom. The number of ether oxygens (including phenoxy) is 3. The number of hydrogen-bond acceptors (Lipinski definition) is 8. The molecule has 0 fully saturated rings. The number of fused-ring (bicyclic) bond motifs is 2. The van der Waals surface area contributed by atoms with Gasteiger partial charge in [-0.2, -0.15) is 4.79 Å². The van der Waals surface area contributed by atoms with Crippen LogP contribution in [0.5, 0.6) is 11.5 Å². The van der Waals surface area contributed by atoms with Gasteiger partial charge in [0.1, 0.15) is 16.3 Å². The van der Waals surface area contributed by atoms with Crippen LogP contribution in [0.15, 0.2) is 29.4 Å². The summed E-state index contributed by atoms with van der Waals surface area (Å²) >= 11 is 1.01. The zero-order chi connectivity index (χ0) is 20.8. The summed E-state index contributed by atoms with van der Waals surface area (Å²) in [6.07, 6.45) is -1.23. The number of amides is 2. The average Bonchev–Trinajstić information content (AvgIpc) is 3.42. The minimum atomic E-state index is -1.23. The second kappa shape index (κ2) is 6.87. The van der Waals surface area contributed by atoms with Crippen molar-refractivity contribution in [2.45, 2.75) is 6.92 Å². The lowest BCUT2D eigenvalue weighted by atomic mass is 10.2. The summed E-state index contributed by atoms with van der Waals surface area (Å²) in [5, 5.41) is 16.7. The van der Waals surface area contributed by atoms with Crippen LogP contribution in [-0.2, 0) is 4.74 Å². The summed E-state index contributed by atoms with van der Waals surface area (Å²) < 4.78 is 14.5. The number of nitrogens with one attached hydrogen (secondary N) is 1. The Morgan fingerprint density at radius 3 is 2.72 bits per heavy atom. The first kappa shape index (κ1) is 18.9. The van der Waals surface area contributed by atoms with Crippen molar-refractivity contribution < 1.29 is 33.7 Å². The number of esters is 1. The molecule has 3 heterocycles. The quantitative estimate of drug-likeness (QED) is 0.579. The lowest BCUT2D eigenvalue weighted by molar-refractivity contribution is 0.0605. The Labute approximate surface area is 168 Å². The molecule has 11 heteroatoms. The minimum Gasteiger partial charge on any atom is -0.465 e. The summed E-state index contributed by atoms with van der Waals surface area (Å²) in [6, 6.07) is 6.14. The van der Waals surface area contributed by atoms with Crippen LogP contribution in [0.4, 0.5) is 10.5 Å². The van der Waals surface area contributed by atoms with Gasteiger partial charge in [0.2, 0.25) is 12.6 Å². The first-order valence-corrected chi connectivity index (χ1v) is 9.37. The van der Waals surface area contributed by atoms with Crippen LogP contribution in [0.1, 0.15) is 31.8 Å². The molecule has 2 aromatic rings. The molecule has 2 amide bonds. The number of carboxylic acid groups (broad SMARTS) is 1. The second-order valence-corrected chi connectivity index (χ2v) is 7.21. The van der Waals surface area contributed by atoms with E-state index in [4.69, 9.17) is 14.2 Å². The monoisotopic (exact) mass is 418 g/mol. The van der Waals surface area contributed by atoms with Crippen molar-refractivity contribution in [2.24, 2.45) is 5.10 Å². The molecule has 1 unspecified atom stereocenters. The molecule has 2 N–H and O–H groups in total. The first-order valence-electron chi connectivity index (χ1n) is 8.55. The van der Waals surface area contributed by atoms with E-state index in [1.165, 1.54) is 19.2 Å². The summed E-state index contributed by atoms with van der Waals surface area (Å²) in [4.78, 5) is 37.3. The standard InChI is InChI=1S/C18H15N3O7S/c1-3-21(18(24)25)10-7-13(17(23)26-2)29-14(10)15(20-21)19-16(22)9-4-5-11-12(6-9)28-8-27-11/h4-7H,3,8H2,1-2H3,(H-,19,20,22,24,25)/p+1. The molecule has 4 rings (SSSR count). The zero-order valence-corrected chi connectivity index (χ0v) is 16.2. The van der Waals surface area contributed by atoms with Crippen molar-refractivity contribution in [1.82, 2.24) is 9.91 Å². The molecule has 0 bridgehead atoms. The molecule has 0 spiro atoms. The highest BCUT2D eigenvalue weighted by atomic mass is 32.1. The van der Waals surface area contributed by atoms with E-state index < -0.39 is 22.6 Å². The van der Waals surface area contributed by atoms with Gasteiger partial charge in [-0.3, -0.25) is 4.79 Å².